The highest BCUT2D eigenvalue weighted by Gasteiger charge is 2.18. The van der Waals surface area contributed by atoms with Crippen molar-refractivity contribution in [2.75, 3.05) is 7.11 Å². The van der Waals surface area contributed by atoms with Crippen molar-refractivity contribution in [1.82, 2.24) is 14.3 Å². The zero-order chi connectivity index (χ0) is 16.4. The smallest absolute Gasteiger partial charge is 0.338 e. The molecule has 0 aliphatic carbocycles. The summed E-state index contributed by atoms with van der Waals surface area (Å²) in [4.78, 5) is 29.3. The van der Waals surface area contributed by atoms with Crippen LogP contribution in [0.1, 0.15) is 18.5 Å². The zero-order valence-corrected chi connectivity index (χ0v) is 13.5. The van der Waals surface area contributed by atoms with Crippen LogP contribution >= 0.6 is 11.5 Å². The molecule has 23 heavy (non-hydrogen) atoms. The standard InChI is InChI=1S/C16H15N3O3S/c1-10(11-6-3-4-8-13(11)22-2)18-16(21)19-15(20)12-7-5-9-17-14(12)23-19/h3-10H,1-2H3,(H,18,21)/t10-/m1/s1. The van der Waals surface area contributed by atoms with E-state index in [2.05, 4.69) is 10.3 Å². The van der Waals surface area contributed by atoms with Gasteiger partial charge in [-0.2, -0.15) is 3.96 Å². The molecule has 0 unspecified atom stereocenters. The Morgan fingerprint density at radius 3 is 2.83 bits per heavy atom. The second-order valence-electron chi connectivity index (χ2n) is 4.96. The molecule has 0 bridgehead atoms. The number of nitrogens with zero attached hydrogens (tertiary/aromatic N) is 2. The number of carbonyl (C=O) groups excluding carboxylic acids is 1. The number of rotatable bonds is 3. The molecule has 1 N–H and O–H groups in total. The van der Waals surface area contributed by atoms with E-state index in [-0.39, 0.29) is 11.6 Å². The summed E-state index contributed by atoms with van der Waals surface area (Å²) in [7, 11) is 1.58. The van der Waals surface area contributed by atoms with Gasteiger partial charge in [0.15, 0.2) is 0 Å². The highest BCUT2D eigenvalue weighted by molar-refractivity contribution is 7.14. The van der Waals surface area contributed by atoms with Gasteiger partial charge >= 0.3 is 6.03 Å². The van der Waals surface area contributed by atoms with Gasteiger partial charge in [-0.25, -0.2) is 9.78 Å². The summed E-state index contributed by atoms with van der Waals surface area (Å²) in [5.74, 6) is 0.686. The summed E-state index contributed by atoms with van der Waals surface area (Å²) in [5, 5.41) is 3.26. The molecule has 0 aliphatic heterocycles. The van der Waals surface area contributed by atoms with Gasteiger partial charge in [0.05, 0.1) is 18.5 Å². The van der Waals surface area contributed by atoms with Crippen molar-refractivity contribution in [3.63, 3.8) is 0 Å². The van der Waals surface area contributed by atoms with E-state index in [4.69, 9.17) is 4.74 Å². The molecule has 7 heteroatoms. The highest BCUT2D eigenvalue weighted by atomic mass is 32.1. The molecule has 0 saturated heterocycles. The molecule has 6 nitrogen and oxygen atoms in total. The Hall–Kier alpha value is -2.67. The van der Waals surface area contributed by atoms with Crippen molar-refractivity contribution in [3.8, 4) is 5.75 Å². The van der Waals surface area contributed by atoms with E-state index in [1.165, 1.54) is 0 Å². The fourth-order valence-corrected chi connectivity index (χ4v) is 3.19. The maximum atomic E-state index is 12.4. The van der Waals surface area contributed by atoms with Crippen molar-refractivity contribution in [2.24, 2.45) is 0 Å². The van der Waals surface area contributed by atoms with E-state index >= 15 is 0 Å². The Labute approximate surface area is 136 Å². The van der Waals surface area contributed by atoms with Gasteiger partial charge in [-0.1, -0.05) is 18.2 Å². The predicted octanol–water partition coefficient (Wildman–Crippen LogP) is 2.79. The van der Waals surface area contributed by atoms with Crippen molar-refractivity contribution in [1.29, 1.82) is 0 Å². The Morgan fingerprint density at radius 1 is 1.30 bits per heavy atom. The Bertz CT molecular complexity index is 916. The fraction of sp³-hybridized carbons (Fsp3) is 0.188. The average Bonchev–Trinajstić information content (AvgIpc) is 2.92. The molecule has 2 heterocycles. The normalized spacial score (nSPS) is 12.1. The number of amides is 1. The fourth-order valence-electron chi connectivity index (χ4n) is 2.34. The van der Waals surface area contributed by atoms with E-state index < -0.39 is 6.03 Å². The highest BCUT2D eigenvalue weighted by Crippen LogP contribution is 2.24. The summed E-state index contributed by atoms with van der Waals surface area (Å²) in [6.07, 6.45) is 1.60. The van der Waals surface area contributed by atoms with Crippen LogP contribution in [0.5, 0.6) is 5.75 Å². The number of hydrogen-bond acceptors (Lipinski definition) is 5. The van der Waals surface area contributed by atoms with Gasteiger partial charge in [0, 0.05) is 11.8 Å². The number of carbonyl (C=O) groups is 1. The van der Waals surface area contributed by atoms with Gasteiger partial charge in [0.1, 0.15) is 10.6 Å². The molecule has 0 saturated carbocycles. The third-order valence-electron chi connectivity index (χ3n) is 3.49. The lowest BCUT2D eigenvalue weighted by atomic mass is 10.1. The number of fused-ring (bicyclic) bond motifs is 1. The molecule has 1 amide bonds. The summed E-state index contributed by atoms with van der Waals surface area (Å²) >= 11 is 1.03. The van der Waals surface area contributed by atoms with Crippen LogP contribution in [0.3, 0.4) is 0 Å². The van der Waals surface area contributed by atoms with E-state index in [0.717, 1.165) is 21.1 Å². The van der Waals surface area contributed by atoms with E-state index in [1.807, 2.05) is 31.2 Å². The lowest BCUT2D eigenvalue weighted by Gasteiger charge is -2.16. The maximum Gasteiger partial charge on any atom is 0.338 e. The molecule has 0 spiro atoms. The van der Waals surface area contributed by atoms with Crippen molar-refractivity contribution in [2.45, 2.75) is 13.0 Å². The minimum atomic E-state index is -0.476. The minimum Gasteiger partial charge on any atom is -0.496 e. The van der Waals surface area contributed by atoms with Gasteiger partial charge in [0.25, 0.3) is 5.56 Å². The van der Waals surface area contributed by atoms with Crippen LogP contribution in [-0.4, -0.2) is 22.1 Å². The van der Waals surface area contributed by atoms with Crippen molar-refractivity contribution >= 4 is 27.8 Å². The number of ether oxygens (including phenoxy) is 1. The molecular weight excluding hydrogens is 314 g/mol. The maximum absolute atomic E-state index is 12.4. The van der Waals surface area contributed by atoms with Crippen molar-refractivity contribution in [3.05, 3.63) is 58.5 Å². The SMILES string of the molecule is COc1ccccc1[C@@H](C)NC(=O)n1sc2ncccc2c1=O. The molecule has 3 rings (SSSR count). The number of hydrogen-bond donors (Lipinski definition) is 1. The third-order valence-corrected chi connectivity index (χ3v) is 4.51. The Morgan fingerprint density at radius 2 is 2.09 bits per heavy atom. The van der Waals surface area contributed by atoms with Crippen LogP contribution in [0.4, 0.5) is 4.79 Å². The summed E-state index contributed by atoms with van der Waals surface area (Å²) in [6.45, 7) is 1.84. The van der Waals surface area contributed by atoms with Gasteiger partial charge in [-0.05, 0) is 36.7 Å². The van der Waals surface area contributed by atoms with E-state index in [1.54, 1.807) is 25.4 Å². The zero-order valence-electron chi connectivity index (χ0n) is 12.6. The van der Waals surface area contributed by atoms with Crippen LogP contribution in [0, 0.1) is 0 Å². The van der Waals surface area contributed by atoms with Gasteiger partial charge in [0.2, 0.25) is 0 Å². The second kappa shape index (κ2) is 6.21. The molecule has 0 fully saturated rings. The number of benzene rings is 1. The number of nitrogens with one attached hydrogen (secondary N) is 1. The molecule has 118 valence electrons. The topological polar surface area (TPSA) is 73.2 Å². The lowest BCUT2D eigenvalue weighted by molar-refractivity contribution is 0.240. The van der Waals surface area contributed by atoms with Crippen LogP contribution in [-0.2, 0) is 0 Å². The summed E-state index contributed by atoms with van der Waals surface area (Å²) in [6, 6.07) is 9.99. The Balaban J connectivity index is 1.88. The molecule has 0 aliphatic rings. The minimum absolute atomic E-state index is 0.302. The first-order valence-corrected chi connectivity index (χ1v) is 7.80. The molecule has 3 aromatic rings. The van der Waals surface area contributed by atoms with E-state index in [0.29, 0.717) is 16.0 Å². The van der Waals surface area contributed by atoms with Gasteiger partial charge in [-0.3, -0.25) is 4.79 Å². The number of para-hydroxylation sites is 1. The largest absolute Gasteiger partial charge is 0.496 e. The first-order valence-electron chi connectivity index (χ1n) is 7.02. The van der Waals surface area contributed by atoms with Gasteiger partial charge < -0.3 is 10.1 Å². The van der Waals surface area contributed by atoms with Crippen LogP contribution < -0.4 is 15.6 Å². The molecule has 1 atom stereocenters. The summed E-state index contributed by atoms with van der Waals surface area (Å²) < 4.78 is 6.39. The molecule has 1 aromatic carbocycles. The first kappa shape index (κ1) is 15.2. The second-order valence-corrected chi connectivity index (χ2v) is 5.89. The lowest BCUT2D eigenvalue weighted by Crippen LogP contribution is -2.34. The molecule has 0 radical (unpaired) electrons. The number of pyridine rings is 1. The van der Waals surface area contributed by atoms with Crippen molar-refractivity contribution < 1.29 is 9.53 Å². The average molecular weight is 329 g/mol. The van der Waals surface area contributed by atoms with Crippen LogP contribution in [0.15, 0.2) is 47.4 Å². The predicted molar refractivity (Wildman–Crippen MR) is 89.2 cm³/mol. The first-order chi connectivity index (χ1) is 11.1. The van der Waals surface area contributed by atoms with Crippen LogP contribution in [0.25, 0.3) is 10.2 Å². The van der Waals surface area contributed by atoms with E-state index in [9.17, 15) is 9.59 Å². The number of aromatic nitrogens is 2. The monoisotopic (exact) mass is 329 g/mol. The summed E-state index contributed by atoms with van der Waals surface area (Å²) in [5.41, 5.74) is 0.485. The van der Waals surface area contributed by atoms with Gasteiger partial charge in [-0.15, -0.1) is 0 Å². The Kier molecular flexibility index (Phi) is 4.12. The third kappa shape index (κ3) is 2.83. The molecule has 2 aromatic heterocycles. The molecular formula is C16H15N3O3S. The quantitative estimate of drug-likeness (QED) is 0.802. The van der Waals surface area contributed by atoms with Crippen LogP contribution in [0.2, 0.25) is 0 Å². The number of methoxy groups -OCH3 is 1.